The number of para-hydroxylation sites is 3. The van der Waals surface area contributed by atoms with Gasteiger partial charge in [0, 0.05) is 49.6 Å². The van der Waals surface area contributed by atoms with Gasteiger partial charge < -0.3 is 9.13 Å². The van der Waals surface area contributed by atoms with Gasteiger partial charge in [-0.3, -0.25) is 0 Å². The molecule has 4 nitrogen and oxygen atoms in total. The lowest BCUT2D eigenvalue weighted by Gasteiger charge is -2.30. The van der Waals surface area contributed by atoms with Crippen LogP contribution < -0.4 is 20.9 Å². The van der Waals surface area contributed by atoms with Gasteiger partial charge in [-0.2, -0.15) is 0 Å². The number of hydrogen-bond acceptors (Lipinski definition) is 2. The summed E-state index contributed by atoms with van der Waals surface area (Å²) in [5, 5.41) is 10.0. The predicted octanol–water partition coefficient (Wildman–Crippen LogP) is 11.4. The van der Waals surface area contributed by atoms with Gasteiger partial charge >= 0.3 is 0 Å². The van der Waals surface area contributed by atoms with E-state index in [2.05, 4.69) is 240 Å². The molecule has 4 heterocycles. The Hall–Kier alpha value is -8.12. The zero-order chi connectivity index (χ0) is 41.5. The molecule has 1 aliphatic rings. The molecule has 5 heteroatoms. The number of fused-ring (bicyclic) bond motifs is 9. The molecule has 294 valence electrons. The minimum Gasteiger partial charge on any atom is -0.309 e. The van der Waals surface area contributed by atoms with Crippen molar-refractivity contribution in [2.75, 3.05) is 0 Å². The summed E-state index contributed by atoms with van der Waals surface area (Å²) in [6.07, 6.45) is 0. The van der Waals surface area contributed by atoms with Crippen LogP contribution in [0.2, 0.25) is 0 Å². The minimum absolute atomic E-state index is 0.730. The summed E-state index contributed by atoms with van der Waals surface area (Å²) < 4.78 is 4.82. The fraction of sp³-hybridized carbons (Fsp3) is 0. The highest BCUT2D eigenvalue weighted by molar-refractivity contribution is 7.21. The molecule has 12 aromatic rings. The summed E-state index contributed by atoms with van der Waals surface area (Å²) in [6, 6.07) is 83.7. The number of nitrogens with zero attached hydrogens (tertiary/aromatic N) is 4. The number of hydrogen-bond donors (Lipinski definition) is 0. The lowest BCUT2D eigenvalue weighted by atomic mass is 10.0. The van der Waals surface area contributed by atoms with Crippen molar-refractivity contribution >= 4 is 72.6 Å². The molecule has 0 saturated heterocycles. The van der Waals surface area contributed by atoms with Gasteiger partial charge in [-0.1, -0.05) is 170 Å². The molecule has 0 saturated carbocycles. The number of benzene rings is 9. The van der Waals surface area contributed by atoms with E-state index >= 15 is 0 Å². The van der Waals surface area contributed by atoms with Gasteiger partial charge in [0.25, 0.3) is 0 Å². The Kier molecular flexibility index (Phi) is 7.89. The summed E-state index contributed by atoms with van der Waals surface area (Å²) in [6.45, 7) is 0. The normalized spacial score (nSPS) is 12.9. The van der Waals surface area contributed by atoms with E-state index in [4.69, 9.17) is 9.97 Å². The van der Waals surface area contributed by atoms with Gasteiger partial charge in [-0.05, 0) is 81.8 Å². The van der Waals surface area contributed by atoms with Crippen LogP contribution in [0.3, 0.4) is 0 Å². The van der Waals surface area contributed by atoms with Crippen LogP contribution in [-0.4, -0.2) is 27.2 Å². The highest BCUT2D eigenvalue weighted by Gasteiger charge is 2.51. The van der Waals surface area contributed by atoms with Gasteiger partial charge in [0.1, 0.15) is 0 Å². The standard InChI is InChI=1S/C58H38N4Si/c1-5-19-39(20-6-1)56-55-47-29-15-18-32-54(47)63(43-23-9-3-10-24-43,44-25-11-4-12-26-44)58(55)60-57(59-56)40-33-35-42(36-34-40)62-51-31-17-14-28-46(51)49-37-52-48(38-53(49)62)45-27-13-16-30-50(45)61(52)41-21-7-2-8-22-41/h1-38H. The molecular weight excluding hydrogens is 781 g/mol. The van der Waals surface area contributed by atoms with E-state index < -0.39 is 8.07 Å². The fourth-order valence-electron chi connectivity index (χ4n) is 10.5. The summed E-state index contributed by atoms with van der Waals surface area (Å²) in [4.78, 5) is 11.3. The highest BCUT2D eigenvalue weighted by atomic mass is 28.3. The smallest absolute Gasteiger partial charge is 0.203 e. The van der Waals surface area contributed by atoms with E-state index in [1.165, 1.54) is 64.7 Å². The SMILES string of the molecule is c1ccc(-c2nc(-c3ccc(-n4c5ccccc5c5cc6c(cc54)c4ccccc4n6-c4ccccc4)cc3)nc3c2-c2ccccc2[Si]3(c2ccccc2)c2ccccc2)cc1. The Morgan fingerprint density at radius 2 is 0.825 bits per heavy atom. The van der Waals surface area contributed by atoms with Crippen LogP contribution in [0.4, 0.5) is 0 Å². The molecule has 0 fully saturated rings. The zero-order valence-corrected chi connectivity index (χ0v) is 35.2. The van der Waals surface area contributed by atoms with Crippen molar-refractivity contribution in [3.63, 3.8) is 0 Å². The maximum atomic E-state index is 5.75. The zero-order valence-electron chi connectivity index (χ0n) is 34.2. The fourth-order valence-corrected chi connectivity index (χ4v) is 15.5. The van der Waals surface area contributed by atoms with Gasteiger partial charge in [0.15, 0.2) is 5.82 Å². The van der Waals surface area contributed by atoms with Gasteiger partial charge in [-0.15, -0.1) is 0 Å². The van der Waals surface area contributed by atoms with Crippen LogP contribution in [0.5, 0.6) is 0 Å². The molecule has 0 spiro atoms. The predicted molar refractivity (Wildman–Crippen MR) is 264 cm³/mol. The third-order valence-corrected chi connectivity index (χ3v) is 17.9. The first kappa shape index (κ1) is 35.6. The van der Waals surface area contributed by atoms with Crippen molar-refractivity contribution in [1.29, 1.82) is 0 Å². The number of rotatable bonds is 6. The van der Waals surface area contributed by atoms with Gasteiger partial charge in [-0.25, -0.2) is 9.97 Å². The molecule has 0 amide bonds. The van der Waals surface area contributed by atoms with Crippen LogP contribution in [-0.2, 0) is 0 Å². The topological polar surface area (TPSA) is 35.6 Å². The van der Waals surface area contributed by atoms with E-state index in [9.17, 15) is 0 Å². The van der Waals surface area contributed by atoms with Gasteiger partial charge in [0.2, 0.25) is 8.07 Å². The third kappa shape index (κ3) is 5.21. The quantitative estimate of drug-likeness (QED) is 0.157. The van der Waals surface area contributed by atoms with Crippen molar-refractivity contribution < 1.29 is 0 Å². The third-order valence-electron chi connectivity index (χ3n) is 13.2. The molecule has 63 heavy (non-hydrogen) atoms. The van der Waals surface area contributed by atoms with Crippen LogP contribution >= 0.6 is 0 Å². The first-order valence-electron chi connectivity index (χ1n) is 21.6. The molecule has 0 unspecified atom stereocenters. The molecule has 13 rings (SSSR count). The Bertz CT molecular complexity index is 3670. The van der Waals surface area contributed by atoms with E-state index in [1.807, 2.05) is 0 Å². The Labute approximate surface area is 365 Å². The van der Waals surface area contributed by atoms with E-state index in [-0.39, 0.29) is 0 Å². The maximum absolute atomic E-state index is 5.75. The van der Waals surface area contributed by atoms with E-state index in [0.717, 1.165) is 44.9 Å². The van der Waals surface area contributed by atoms with Crippen LogP contribution in [0.1, 0.15) is 0 Å². The second kappa shape index (κ2) is 14.0. The molecule has 0 N–H and O–H groups in total. The first-order chi connectivity index (χ1) is 31.3. The van der Waals surface area contributed by atoms with Crippen LogP contribution in [0, 0.1) is 0 Å². The molecule has 0 radical (unpaired) electrons. The van der Waals surface area contributed by atoms with Crippen molar-refractivity contribution in [3.8, 4) is 45.1 Å². The van der Waals surface area contributed by atoms with Crippen molar-refractivity contribution in [2.45, 2.75) is 0 Å². The van der Waals surface area contributed by atoms with Crippen LogP contribution in [0.25, 0.3) is 88.8 Å². The molecular formula is C58H38N4Si. The summed E-state index contributed by atoms with van der Waals surface area (Å²) in [5.74, 6) is 0.730. The lowest BCUT2D eigenvalue weighted by molar-refractivity contribution is 1.17. The second-order valence-corrected chi connectivity index (χ2v) is 20.2. The molecule has 0 bridgehead atoms. The summed E-state index contributed by atoms with van der Waals surface area (Å²) >= 11 is 0. The molecule has 1 aliphatic heterocycles. The highest BCUT2D eigenvalue weighted by Crippen LogP contribution is 2.41. The Morgan fingerprint density at radius 1 is 0.349 bits per heavy atom. The van der Waals surface area contributed by atoms with Crippen LogP contribution in [0.15, 0.2) is 231 Å². The molecule has 0 aliphatic carbocycles. The molecule has 9 aromatic carbocycles. The largest absolute Gasteiger partial charge is 0.309 e. The summed E-state index contributed by atoms with van der Waals surface area (Å²) in [5.41, 5.74) is 12.4. The maximum Gasteiger partial charge on any atom is 0.203 e. The van der Waals surface area contributed by atoms with Crippen molar-refractivity contribution in [1.82, 2.24) is 19.1 Å². The second-order valence-electron chi connectivity index (χ2n) is 16.5. The lowest BCUT2D eigenvalue weighted by Crippen LogP contribution is -2.73. The van der Waals surface area contributed by atoms with Gasteiger partial charge in [0.05, 0.1) is 33.1 Å². The monoisotopic (exact) mass is 818 g/mol. The minimum atomic E-state index is -2.89. The molecule has 0 atom stereocenters. The van der Waals surface area contributed by atoms with E-state index in [0.29, 0.717) is 0 Å². The molecule has 3 aromatic heterocycles. The average Bonchev–Trinajstić information content (AvgIpc) is 3.98. The Balaban J connectivity index is 1.03. The summed E-state index contributed by atoms with van der Waals surface area (Å²) in [7, 11) is -2.89. The first-order valence-corrected chi connectivity index (χ1v) is 23.6. The van der Waals surface area contributed by atoms with Crippen molar-refractivity contribution in [3.05, 3.63) is 231 Å². The Morgan fingerprint density at radius 3 is 1.41 bits per heavy atom. The average molecular weight is 819 g/mol. The van der Waals surface area contributed by atoms with E-state index in [1.54, 1.807) is 0 Å². The van der Waals surface area contributed by atoms with Crippen molar-refractivity contribution in [2.24, 2.45) is 0 Å². The number of aromatic nitrogens is 4.